The lowest BCUT2D eigenvalue weighted by molar-refractivity contribution is 0.908. The normalized spacial score (nSPS) is 10.2. The summed E-state index contributed by atoms with van der Waals surface area (Å²) in [5.74, 6) is 0. The molecule has 0 saturated carbocycles. The molecule has 0 amide bonds. The van der Waals surface area contributed by atoms with Gasteiger partial charge >= 0.3 is 0 Å². The highest BCUT2D eigenvalue weighted by Crippen LogP contribution is 2.13. The Hall–Kier alpha value is -0.780. The molecule has 1 rings (SSSR count). The van der Waals surface area contributed by atoms with Gasteiger partial charge in [-0.2, -0.15) is 0 Å². The molecule has 0 heterocycles. The molecule has 0 unspecified atom stereocenters. The number of rotatable bonds is 3. The Bertz CT molecular complexity index is 248. The average molecular weight is 162 g/mol. The molecule has 0 bridgehead atoms. The van der Waals surface area contributed by atoms with E-state index in [1.807, 2.05) is 0 Å². The van der Waals surface area contributed by atoms with Gasteiger partial charge in [0, 0.05) is 0 Å². The fourth-order valence-corrected chi connectivity index (χ4v) is 1.48. The largest absolute Gasteiger partial charge is 0.0651 e. The highest BCUT2D eigenvalue weighted by molar-refractivity contribution is 5.31. The van der Waals surface area contributed by atoms with E-state index in [9.17, 15) is 0 Å². The number of hydrogen-bond acceptors (Lipinski definition) is 0. The van der Waals surface area contributed by atoms with Crippen LogP contribution in [0, 0.1) is 6.92 Å². The summed E-state index contributed by atoms with van der Waals surface area (Å²) in [6, 6.07) is 6.82. The molecule has 0 aliphatic heterocycles. The van der Waals surface area contributed by atoms with Gasteiger partial charge in [0.1, 0.15) is 0 Å². The summed E-state index contributed by atoms with van der Waals surface area (Å²) in [4.78, 5) is 0. The molecule has 0 atom stereocenters. The van der Waals surface area contributed by atoms with Crippen molar-refractivity contribution >= 4 is 0 Å². The first-order chi connectivity index (χ1) is 5.77. The topological polar surface area (TPSA) is 0 Å². The summed E-state index contributed by atoms with van der Waals surface area (Å²) in [5, 5.41) is 0. The van der Waals surface area contributed by atoms with Crippen LogP contribution in [-0.2, 0) is 12.8 Å². The zero-order valence-corrected chi connectivity index (χ0v) is 8.35. The minimum absolute atomic E-state index is 1.15. The number of aryl methyl sites for hydroxylation is 3. The lowest BCUT2D eigenvalue weighted by Crippen LogP contribution is -1.90. The Morgan fingerprint density at radius 2 is 1.92 bits per heavy atom. The predicted octanol–water partition coefficient (Wildman–Crippen LogP) is 3.51. The molecule has 66 valence electrons. The van der Waals surface area contributed by atoms with Crippen LogP contribution in [0.15, 0.2) is 18.2 Å². The van der Waals surface area contributed by atoms with Crippen LogP contribution < -0.4 is 0 Å². The molecule has 12 heavy (non-hydrogen) atoms. The highest BCUT2D eigenvalue weighted by atomic mass is 14.0. The zero-order valence-electron chi connectivity index (χ0n) is 8.35. The summed E-state index contributed by atoms with van der Waals surface area (Å²) in [7, 11) is 0. The van der Waals surface area contributed by atoms with Gasteiger partial charge in [-0.05, 0) is 36.5 Å². The third kappa shape index (κ3) is 2.10. The molecule has 0 aliphatic carbocycles. The van der Waals surface area contributed by atoms with Crippen LogP contribution in [0.4, 0.5) is 0 Å². The fourth-order valence-electron chi connectivity index (χ4n) is 1.48. The molecule has 0 N–H and O–H groups in total. The van der Waals surface area contributed by atoms with Crippen LogP contribution >= 0.6 is 0 Å². The second-order valence-corrected chi connectivity index (χ2v) is 3.36. The van der Waals surface area contributed by atoms with Crippen LogP contribution in [0.25, 0.3) is 0 Å². The maximum absolute atomic E-state index is 2.35. The quantitative estimate of drug-likeness (QED) is 0.638. The molecule has 0 saturated heterocycles. The van der Waals surface area contributed by atoms with E-state index in [0.717, 1.165) is 6.42 Å². The molecule has 0 aromatic heterocycles. The maximum Gasteiger partial charge on any atom is -0.0279 e. The van der Waals surface area contributed by atoms with Crippen LogP contribution in [0.1, 0.15) is 37.0 Å². The average Bonchev–Trinajstić information content (AvgIpc) is 2.09. The third-order valence-corrected chi connectivity index (χ3v) is 2.34. The van der Waals surface area contributed by atoms with Crippen molar-refractivity contribution in [1.82, 2.24) is 0 Å². The van der Waals surface area contributed by atoms with Crippen molar-refractivity contribution in [2.45, 2.75) is 40.0 Å². The van der Waals surface area contributed by atoms with Crippen LogP contribution in [-0.4, -0.2) is 0 Å². The molecule has 1 aromatic carbocycles. The van der Waals surface area contributed by atoms with Crippen molar-refractivity contribution < 1.29 is 0 Å². The van der Waals surface area contributed by atoms with Crippen molar-refractivity contribution in [3.63, 3.8) is 0 Å². The van der Waals surface area contributed by atoms with E-state index in [4.69, 9.17) is 0 Å². The van der Waals surface area contributed by atoms with Crippen LogP contribution in [0.3, 0.4) is 0 Å². The predicted molar refractivity (Wildman–Crippen MR) is 54.6 cm³/mol. The first-order valence-electron chi connectivity index (χ1n) is 4.86. The first-order valence-corrected chi connectivity index (χ1v) is 4.86. The summed E-state index contributed by atoms with van der Waals surface area (Å²) < 4.78 is 0. The van der Waals surface area contributed by atoms with Gasteiger partial charge in [-0.25, -0.2) is 0 Å². The highest BCUT2D eigenvalue weighted by Gasteiger charge is 1.97. The van der Waals surface area contributed by atoms with Crippen LogP contribution in [0.5, 0.6) is 0 Å². The van der Waals surface area contributed by atoms with E-state index < -0.39 is 0 Å². The minimum atomic E-state index is 1.15. The van der Waals surface area contributed by atoms with Gasteiger partial charge in [-0.15, -0.1) is 0 Å². The molecular formula is C12H18. The Kier molecular flexibility index (Phi) is 3.33. The second-order valence-electron chi connectivity index (χ2n) is 3.36. The summed E-state index contributed by atoms with van der Waals surface area (Å²) >= 11 is 0. The van der Waals surface area contributed by atoms with Gasteiger partial charge in [-0.3, -0.25) is 0 Å². The van der Waals surface area contributed by atoms with Crippen LogP contribution in [0.2, 0.25) is 0 Å². The standard InChI is InChI=1S/C12H18/c1-4-6-12-9-11(5-2)8-7-10(12)3/h7-9H,4-6H2,1-3H3. The lowest BCUT2D eigenvalue weighted by atomic mass is 10.0. The van der Waals surface area contributed by atoms with Crippen molar-refractivity contribution in [2.24, 2.45) is 0 Å². The fraction of sp³-hybridized carbons (Fsp3) is 0.500. The number of hydrogen-bond donors (Lipinski definition) is 0. The molecule has 0 radical (unpaired) electrons. The first kappa shape index (κ1) is 9.31. The summed E-state index contributed by atoms with van der Waals surface area (Å²) in [5.41, 5.74) is 4.43. The van der Waals surface area contributed by atoms with E-state index in [1.165, 1.54) is 29.5 Å². The summed E-state index contributed by atoms with van der Waals surface area (Å²) in [6.07, 6.45) is 3.62. The molecule has 0 heteroatoms. The van der Waals surface area contributed by atoms with Gasteiger partial charge < -0.3 is 0 Å². The van der Waals surface area contributed by atoms with Crippen molar-refractivity contribution in [3.8, 4) is 0 Å². The van der Waals surface area contributed by atoms with Crippen molar-refractivity contribution in [1.29, 1.82) is 0 Å². The van der Waals surface area contributed by atoms with Gasteiger partial charge in [0.2, 0.25) is 0 Å². The molecule has 0 nitrogen and oxygen atoms in total. The second kappa shape index (κ2) is 4.30. The van der Waals surface area contributed by atoms with Gasteiger partial charge in [0.05, 0.1) is 0 Å². The Morgan fingerprint density at radius 3 is 2.50 bits per heavy atom. The van der Waals surface area contributed by atoms with E-state index in [2.05, 4.69) is 39.0 Å². The van der Waals surface area contributed by atoms with E-state index in [-0.39, 0.29) is 0 Å². The molecule has 0 spiro atoms. The molecule has 1 aromatic rings. The third-order valence-electron chi connectivity index (χ3n) is 2.34. The monoisotopic (exact) mass is 162 g/mol. The van der Waals surface area contributed by atoms with Gasteiger partial charge in [0.25, 0.3) is 0 Å². The summed E-state index contributed by atoms with van der Waals surface area (Å²) in [6.45, 7) is 6.64. The number of benzene rings is 1. The maximum atomic E-state index is 2.35. The Morgan fingerprint density at radius 1 is 1.17 bits per heavy atom. The molecular weight excluding hydrogens is 144 g/mol. The van der Waals surface area contributed by atoms with E-state index in [0.29, 0.717) is 0 Å². The molecule has 0 fully saturated rings. The minimum Gasteiger partial charge on any atom is -0.0651 e. The van der Waals surface area contributed by atoms with Crippen molar-refractivity contribution in [3.05, 3.63) is 34.9 Å². The molecule has 0 aliphatic rings. The zero-order chi connectivity index (χ0) is 8.97. The Balaban J connectivity index is 2.91. The SMILES string of the molecule is CCCc1cc(CC)ccc1C. The van der Waals surface area contributed by atoms with Crippen molar-refractivity contribution in [2.75, 3.05) is 0 Å². The van der Waals surface area contributed by atoms with E-state index >= 15 is 0 Å². The van der Waals surface area contributed by atoms with E-state index in [1.54, 1.807) is 0 Å². The Labute approximate surface area is 75.6 Å². The van der Waals surface area contributed by atoms with Gasteiger partial charge in [-0.1, -0.05) is 38.5 Å². The smallest absolute Gasteiger partial charge is 0.0279 e. The van der Waals surface area contributed by atoms with Gasteiger partial charge in [0.15, 0.2) is 0 Å². The lowest BCUT2D eigenvalue weighted by Gasteiger charge is -2.06.